The number of hydrogen-bond acceptors (Lipinski definition) is 4. The predicted molar refractivity (Wildman–Crippen MR) is 75.3 cm³/mol. The first-order valence-corrected chi connectivity index (χ1v) is 7.37. The van der Waals surface area contributed by atoms with E-state index in [0.29, 0.717) is 12.1 Å². The number of hydrogen-bond donors (Lipinski definition) is 2. The van der Waals surface area contributed by atoms with Gasteiger partial charge in [0.25, 0.3) is 0 Å². The van der Waals surface area contributed by atoms with Crippen molar-refractivity contribution in [2.45, 2.75) is 50.2 Å². The van der Waals surface area contributed by atoms with Gasteiger partial charge in [0, 0.05) is 25.2 Å². The normalized spacial score (nSPS) is 36.2. The Hall–Kier alpha value is -0.650. The molecule has 3 unspecified atom stereocenters. The highest BCUT2D eigenvalue weighted by atomic mass is 16.4. The van der Waals surface area contributed by atoms with Gasteiger partial charge < -0.3 is 15.3 Å². The van der Waals surface area contributed by atoms with Crippen molar-refractivity contribution in [3.8, 4) is 0 Å². The molecular weight excluding hydrogens is 242 g/mol. The van der Waals surface area contributed by atoms with Crippen molar-refractivity contribution in [3.05, 3.63) is 0 Å². The molecule has 1 saturated heterocycles. The molecule has 5 nitrogen and oxygen atoms in total. The Morgan fingerprint density at radius 3 is 2.74 bits per heavy atom. The third kappa shape index (κ3) is 2.93. The number of carbonyl (C=O) groups is 1. The number of carboxylic acid groups (broad SMARTS) is 1. The lowest BCUT2D eigenvalue weighted by Gasteiger charge is -2.29. The topological polar surface area (TPSA) is 55.8 Å². The molecule has 2 rings (SSSR count). The van der Waals surface area contributed by atoms with Gasteiger partial charge >= 0.3 is 5.97 Å². The van der Waals surface area contributed by atoms with Crippen LogP contribution in [0, 0.1) is 0 Å². The van der Waals surface area contributed by atoms with E-state index in [9.17, 15) is 9.90 Å². The molecule has 0 bridgehead atoms. The van der Waals surface area contributed by atoms with Gasteiger partial charge in [0.2, 0.25) is 0 Å². The lowest BCUT2D eigenvalue weighted by atomic mass is 9.97. The van der Waals surface area contributed by atoms with Crippen molar-refractivity contribution in [2.75, 3.05) is 33.7 Å². The largest absolute Gasteiger partial charge is 0.480 e. The standard InChI is InChI=1S/C14H27N3O2/c1-4-15-14(13(18)19)7-5-11(9-14)17-8-6-12(10-17)16(2)3/h11-12,15H,4-10H2,1-3H3,(H,18,19). The number of carboxylic acids is 1. The molecule has 0 aromatic carbocycles. The maximum atomic E-state index is 11.6. The highest BCUT2D eigenvalue weighted by molar-refractivity contribution is 5.79. The minimum atomic E-state index is -0.685. The van der Waals surface area contributed by atoms with E-state index in [4.69, 9.17) is 0 Å². The lowest BCUT2D eigenvalue weighted by Crippen LogP contribution is -2.51. The molecule has 19 heavy (non-hydrogen) atoms. The van der Waals surface area contributed by atoms with Crippen LogP contribution in [0.2, 0.25) is 0 Å². The minimum absolute atomic E-state index is 0.431. The summed E-state index contributed by atoms with van der Waals surface area (Å²) in [7, 11) is 4.26. The van der Waals surface area contributed by atoms with Crippen molar-refractivity contribution in [2.24, 2.45) is 0 Å². The summed E-state index contributed by atoms with van der Waals surface area (Å²) in [6.07, 6.45) is 3.70. The summed E-state index contributed by atoms with van der Waals surface area (Å²) in [5.74, 6) is -0.680. The smallest absolute Gasteiger partial charge is 0.323 e. The van der Waals surface area contributed by atoms with Crippen LogP contribution in [-0.4, -0.2) is 72.2 Å². The number of nitrogens with one attached hydrogen (secondary N) is 1. The second kappa shape index (κ2) is 5.77. The summed E-state index contributed by atoms with van der Waals surface area (Å²) in [5, 5.41) is 12.7. The Balaban J connectivity index is 1.96. The van der Waals surface area contributed by atoms with Crippen LogP contribution in [0.15, 0.2) is 0 Å². The van der Waals surface area contributed by atoms with E-state index in [0.717, 1.165) is 38.9 Å². The van der Waals surface area contributed by atoms with Gasteiger partial charge in [0.05, 0.1) is 0 Å². The molecular formula is C14H27N3O2. The summed E-state index contributed by atoms with van der Waals surface area (Å²) < 4.78 is 0. The molecule has 110 valence electrons. The molecule has 1 heterocycles. The van der Waals surface area contributed by atoms with Crippen LogP contribution in [0.25, 0.3) is 0 Å². The second-order valence-corrected chi connectivity index (χ2v) is 6.22. The van der Waals surface area contributed by atoms with Gasteiger partial charge in [-0.1, -0.05) is 6.92 Å². The molecule has 0 radical (unpaired) electrons. The molecule has 5 heteroatoms. The van der Waals surface area contributed by atoms with E-state index < -0.39 is 11.5 Å². The Labute approximate surface area is 115 Å². The molecule has 2 aliphatic rings. The van der Waals surface area contributed by atoms with Crippen molar-refractivity contribution in [1.82, 2.24) is 15.1 Å². The van der Waals surface area contributed by atoms with Crippen LogP contribution in [0.3, 0.4) is 0 Å². The van der Waals surface area contributed by atoms with Crippen LogP contribution in [0.1, 0.15) is 32.6 Å². The Kier molecular flexibility index (Phi) is 4.48. The zero-order valence-electron chi connectivity index (χ0n) is 12.4. The summed E-state index contributed by atoms with van der Waals surface area (Å²) in [6.45, 7) is 4.89. The highest BCUT2D eigenvalue weighted by Crippen LogP contribution is 2.35. The fourth-order valence-electron chi connectivity index (χ4n) is 3.62. The fraction of sp³-hybridized carbons (Fsp3) is 0.929. The van der Waals surface area contributed by atoms with E-state index >= 15 is 0 Å². The van der Waals surface area contributed by atoms with Gasteiger partial charge in [-0.25, -0.2) is 0 Å². The zero-order chi connectivity index (χ0) is 14.0. The van der Waals surface area contributed by atoms with E-state index in [1.165, 1.54) is 6.42 Å². The van der Waals surface area contributed by atoms with Gasteiger partial charge in [-0.3, -0.25) is 9.69 Å². The van der Waals surface area contributed by atoms with Crippen LogP contribution in [0.5, 0.6) is 0 Å². The maximum absolute atomic E-state index is 11.6. The van der Waals surface area contributed by atoms with E-state index in [1.54, 1.807) is 0 Å². The number of nitrogens with zero attached hydrogens (tertiary/aromatic N) is 2. The molecule has 1 aliphatic carbocycles. The number of likely N-dealkylation sites (N-methyl/N-ethyl adjacent to an activating group) is 2. The molecule has 1 aliphatic heterocycles. The highest BCUT2D eigenvalue weighted by Gasteiger charge is 2.47. The van der Waals surface area contributed by atoms with Gasteiger partial charge in [0.15, 0.2) is 0 Å². The maximum Gasteiger partial charge on any atom is 0.323 e. The van der Waals surface area contributed by atoms with Crippen LogP contribution >= 0.6 is 0 Å². The molecule has 2 N–H and O–H groups in total. The third-order valence-corrected chi connectivity index (χ3v) is 4.85. The van der Waals surface area contributed by atoms with Crippen LogP contribution < -0.4 is 5.32 Å². The summed E-state index contributed by atoms with van der Waals surface area (Å²) in [5.41, 5.74) is -0.685. The molecule has 1 saturated carbocycles. The number of aliphatic carboxylic acids is 1. The summed E-state index contributed by atoms with van der Waals surface area (Å²) in [4.78, 5) is 16.3. The average Bonchev–Trinajstić information content (AvgIpc) is 2.95. The molecule has 0 spiro atoms. The molecule has 2 fully saturated rings. The third-order valence-electron chi connectivity index (χ3n) is 4.85. The Bertz CT molecular complexity index is 335. The summed E-state index contributed by atoms with van der Waals surface area (Å²) in [6, 6.07) is 1.05. The first-order valence-electron chi connectivity index (χ1n) is 7.37. The van der Waals surface area contributed by atoms with Crippen LogP contribution in [0.4, 0.5) is 0 Å². The average molecular weight is 269 g/mol. The molecule has 0 aromatic heterocycles. The Morgan fingerprint density at radius 1 is 1.47 bits per heavy atom. The zero-order valence-corrected chi connectivity index (χ0v) is 12.4. The van der Waals surface area contributed by atoms with E-state index in [2.05, 4.69) is 29.2 Å². The van der Waals surface area contributed by atoms with E-state index in [1.807, 2.05) is 6.92 Å². The van der Waals surface area contributed by atoms with Gasteiger partial charge in [-0.2, -0.15) is 0 Å². The summed E-state index contributed by atoms with van der Waals surface area (Å²) >= 11 is 0. The Morgan fingerprint density at radius 2 is 2.21 bits per heavy atom. The van der Waals surface area contributed by atoms with Crippen molar-refractivity contribution >= 4 is 5.97 Å². The predicted octanol–water partition coefficient (Wildman–Crippen LogP) is 0.608. The first-order chi connectivity index (χ1) is 8.98. The fourth-order valence-corrected chi connectivity index (χ4v) is 3.62. The van der Waals surface area contributed by atoms with Crippen LogP contribution in [-0.2, 0) is 4.79 Å². The minimum Gasteiger partial charge on any atom is -0.480 e. The number of rotatable bonds is 5. The van der Waals surface area contributed by atoms with Gasteiger partial charge in [0.1, 0.15) is 5.54 Å². The first kappa shape index (κ1) is 14.8. The second-order valence-electron chi connectivity index (χ2n) is 6.22. The van der Waals surface area contributed by atoms with Gasteiger partial charge in [-0.05, 0) is 46.3 Å². The lowest BCUT2D eigenvalue weighted by molar-refractivity contribution is -0.144. The molecule has 0 aromatic rings. The van der Waals surface area contributed by atoms with Gasteiger partial charge in [-0.15, -0.1) is 0 Å². The van der Waals surface area contributed by atoms with E-state index in [-0.39, 0.29) is 0 Å². The van der Waals surface area contributed by atoms with Crippen molar-refractivity contribution < 1.29 is 9.90 Å². The molecule has 0 amide bonds. The SMILES string of the molecule is CCNC1(C(=O)O)CCC(N2CCC(N(C)C)C2)C1. The number of likely N-dealkylation sites (tertiary alicyclic amines) is 1. The van der Waals surface area contributed by atoms with Crippen molar-refractivity contribution in [3.63, 3.8) is 0 Å². The molecule has 3 atom stereocenters. The monoisotopic (exact) mass is 269 g/mol. The van der Waals surface area contributed by atoms with Crippen molar-refractivity contribution in [1.29, 1.82) is 0 Å². The quantitative estimate of drug-likeness (QED) is 0.766.